The Kier molecular flexibility index (Phi) is 8.27. The molecule has 1 aromatic rings. The first-order valence-electron chi connectivity index (χ1n) is 4.26. The zero-order valence-corrected chi connectivity index (χ0v) is 12.6. The molecule has 0 aliphatic heterocycles. The highest BCUT2D eigenvalue weighted by Gasteiger charge is 1.99. The predicted molar refractivity (Wildman–Crippen MR) is 80.6 cm³/mol. The number of aliphatic imine (C=N–C) groups is 1. The summed E-state index contributed by atoms with van der Waals surface area (Å²) in [4.78, 5) is 4.08. The lowest BCUT2D eigenvalue weighted by atomic mass is 10.2. The third-order valence-electron chi connectivity index (χ3n) is 1.78. The van der Waals surface area contributed by atoms with Gasteiger partial charge in [-0.05, 0) is 17.9 Å². The number of benzene rings is 1. The number of halogens is 2. The van der Waals surface area contributed by atoms with Gasteiger partial charge in [0.25, 0.3) is 0 Å². The Labute approximate surface area is 117 Å². The van der Waals surface area contributed by atoms with Crippen LogP contribution < -0.4 is 5.32 Å². The van der Waals surface area contributed by atoms with E-state index in [2.05, 4.69) is 10.3 Å². The third kappa shape index (κ3) is 5.08. The standard InChI is InChI=1S/C10H13ClN2S.HI/c1-12-10(14-2)13-7-8-5-3-4-6-9(8)11;/h3-6H,7H2,1-2H3,(H,12,13);1H. The Bertz CT molecular complexity index is 331. The summed E-state index contributed by atoms with van der Waals surface area (Å²) in [5.74, 6) is 0. The second kappa shape index (κ2) is 8.24. The molecule has 0 unspecified atom stereocenters. The van der Waals surface area contributed by atoms with Gasteiger partial charge in [0.05, 0.1) is 0 Å². The Morgan fingerprint density at radius 2 is 2.13 bits per heavy atom. The van der Waals surface area contributed by atoms with Crippen LogP contribution >= 0.6 is 47.3 Å². The predicted octanol–water partition coefficient (Wildman–Crippen LogP) is 3.40. The summed E-state index contributed by atoms with van der Waals surface area (Å²) in [5.41, 5.74) is 1.09. The van der Waals surface area contributed by atoms with Crippen molar-refractivity contribution in [3.8, 4) is 0 Å². The van der Waals surface area contributed by atoms with Gasteiger partial charge in [-0.2, -0.15) is 0 Å². The number of hydrogen-bond acceptors (Lipinski definition) is 2. The maximum absolute atomic E-state index is 6.01. The van der Waals surface area contributed by atoms with Gasteiger partial charge >= 0.3 is 0 Å². The maximum Gasteiger partial charge on any atom is 0.156 e. The number of nitrogens with one attached hydrogen (secondary N) is 1. The molecule has 0 heterocycles. The quantitative estimate of drug-likeness (QED) is 0.499. The first kappa shape index (κ1) is 15.1. The minimum absolute atomic E-state index is 0. The van der Waals surface area contributed by atoms with E-state index in [1.807, 2.05) is 30.5 Å². The summed E-state index contributed by atoms with van der Waals surface area (Å²) in [5, 5.41) is 4.91. The fraction of sp³-hybridized carbons (Fsp3) is 0.300. The molecule has 1 N–H and O–H groups in total. The van der Waals surface area contributed by atoms with Gasteiger partial charge in [0.15, 0.2) is 5.17 Å². The van der Waals surface area contributed by atoms with E-state index in [0.29, 0.717) is 6.54 Å². The van der Waals surface area contributed by atoms with Crippen molar-refractivity contribution in [2.24, 2.45) is 4.99 Å². The van der Waals surface area contributed by atoms with Gasteiger partial charge in [-0.1, -0.05) is 41.6 Å². The number of thioether (sulfide) groups is 1. The molecule has 0 bridgehead atoms. The number of amidine groups is 1. The molecule has 84 valence electrons. The van der Waals surface area contributed by atoms with E-state index in [1.54, 1.807) is 18.8 Å². The molecule has 0 spiro atoms. The normalized spacial score (nSPS) is 10.7. The van der Waals surface area contributed by atoms with Gasteiger partial charge in [0.1, 0.15) is 0 Å². The number of hydrogen-bond donors (Lipinski definition) is 1. The molecular formula is C10H14ClIN2S. The summed E-state index contributed by atoms with van der Waals surface area (Å²) in [6, 6.07) is 7.79. The van der Waals surface area contributed by atoms with E-state index in [1.165, 1.54) is 0 Å². The molecule has 0 fully saturated rings. The average Bonchev–Trinajstić information content (AvgIpc) is 2.22. The molecule has 0 amide bonds. The molecule has 0 aliphatic carbocycles. The second-order valence-corrected chi connectivity index (χ2v) is 3.88. The van der Waals surface area contributed by atoms with Crippen LogP contribution in [0.2, 0.25) is 5.02 Å². The SMILES string of the molecule is CN=C(NCc1ccccc1Cl)SC.I. The molecule has 0 aromatic heterocycles. The number of nitrogens with zero attached hydrogens (tertiary/aromatic N) is 1. The van der Waals surface area contributed by atoms with E-state index in [-0.39, 0.29) is 24.0 Å². The Morgan fingerprint density at radius 1 is 1.47 bits per heavy atom. The molecular weight excluding hydrogens is 343 g/mol. The van der Waals surface area contributed by atoms with E-state index in [9.17, 15) is 0 Å². The fourth-order valence-electron chi connectivity index (χ4n) is 1.06. The van der Waals surface area contributed by atoms with E-state index < -0.39 is 0 Å². The Hall–Kier alpha value is 0.0600. The summed E-state index contributed by atoms with van der Waals surface area (Å²) in [7, 11) is 1.77. The van der Waals surface area contributed by atoms with Gasteiger partial charge in [-0.3, -0.25) is 4.99 Å². The van der Waals surface area contributed by atoms with Crippen LogP contribution in [0.5, 0.6) is 0 Å². The van der Waals surface area contributed by atoms with Gasteiger partial charge in [-0.15, -0.1) is 24.0 Å². The van der Waals surface area contributed by atoms with Gasteiger partial charge in [0, 0.05) is 18.6 Å². The zero-order chi connectivity index (χ0) is 10.4. The molecule has 1 rings (SSSR count). The van der Waals surface area contributed by atoms with Crippen molar-refractivity contribution in [1.29, 1.82) is 0 Å². The molecule has 2 nitrogen and oxygen atoms in total. The minimum Gasteiger partial charge on any atom is -0.361 e. The first-order valence-corrected chi connectivity index (χ1v) is 5.86. The van der Waals surface area contributed by atoms with Crippen LogP contribution in [0.1, 0.15) is 5.56 Å². The Balaban J connectivity index is 0.00000196. The van der Waals surface area contributed by atoms with Crippen molar-refractivity contribution in [2.45, 2.75) is 6.54 Å². The molecule has 0 atom stereocenters. The summed E-state index contributed by atoms with van der Waals surface area (Å²) in [6.45, 7) is 0.715. The molecule has 1 aromatic carbocycles. The highest BCUT2D eigenvalue weighted by atomic mass is 127. The summed E-state index contributed by atoms with van der Waals surface area (Å²) >= 11 is 7.60. The zero-order valence-electron chi connectivity index (χ0n) is 8.66. The van der Waals surface area contributed by atoms with Crippen LogP contribution in [-0.4, -0.2) is 18.5 Å². The highest BCUT2D eigenvalue weighted by molar-refractivity contribution is 14.0. The molecule has 0 radical (unpaired) electrons. The van der Waals surface area contributed by atoms with Crippen LogP contribution in [0.25, 0.3) is 0 Å². The van der Waals surface area contributed by atoms with Crippen LogP contribution in [0.3, 0.4) is 0 Å². The lowest BCUT2D eigenvalue weighted by Gasteiger charge is -2.07. The van der Waals surface area contributed by atoms with Crippen molar-refractivity contribution in [3.63, 3.8) is 0 Å². The maximum atomic E-state index is 6.01. The topological polar surface area (TPSA) is 24.4 Å². The Morgan fingerprint density at radius 3 is 2.67 bits per heavy atom. The highest BCUT2D eigenvalue weighted by Crippen LogP contribution is 2.14. The molecule has 0 aliphatic rings. The summed E-state index contributed by atoms with van der Waals surface area (Å²) in [6.07, 6.45) is 1.99. The lowest BCUT2D eigenvalue weighted by Crippen LogP contribution is -2.19. The van der Waals surface area contributed by atoms with Crippen molar-refractivity contribution in [3.05, 3.63) is 34.9 Å². The molecule has 0 saturated carbocycles. The van der Waals surface area contributed by atoms with Crippen molar-refractivity contribution in [1.82, 2.24) is 5.32 Å². The third-order valence-corrected chi connectivity index (χ3v) is 2.87. The lowest BCUT2D eigenvalue weighted by molar-refractivity contribution is 0.925. The molecule has 15 heavy (non-hydrogen) atoms. The van der Waals surface area contributed by atoms with Crippen molar-refractivity contribution in [2.75, 3.05) is 13.3 Å². The van der Waals surface area contributed by atoms with Crippen LogP contribution in [-0.2, 0) is 6.54 Å². The van der Waals surface area contributed by atoms with Gasteiger partial charge in [0.2, 0.25) is 0 Å². The largest absolute Gasteiger partial charge is 0.361 e. The van der Waals surface area contributed by atoms with E-state index in [4.69, 9.17) is 11.6 Å². The monoisotopic (exact) mass is 356 g/mol. The van der Waals surface area contributed by atoms with Crippen molar-refractivity contribution < 1.29 is 0 Å². The van der Waals surface area contributed by atoms with Crippen LogP contribution in [0.4, 0.5) is 0 Å². The van der Waals surface area contributed by atoms with Crippen LogP contribution in [0.15, 0.2) is 29.3 Å². The first-order chi connectivity index (χ1) is 6.77. The van der Waals surface area contributed by atoms with Gasteiger partial charge < -0.3 is 5.32 Å². The minimum atomic E-state index is 0. The summed E-state index contributed by atoms with van der Waals surface area (Å²) < 4.78 is 0. The fourth-order valence-corrected chi connectivity index (χ4v) is 1.66. The second-order valence-electron chi connectivity index (χ2n) is 2.68. The van der Waals surface area contributed by atoms with E-state index in [0.717, 1.165) is 15.8 Å². The van der Waals surface area contributed by atoms with Gasteiger partial charge in [-0.25, -0.2) is 0 Å². The molecule has 0 saturated heterocycles. The smallest absolute Gasteiger partial charge is 0.156 e. The van der Waals surface area contributed by atoms with Crippen molar-refractivity contribution >= 4 is 52.5 Å². The number of rotatable bonds is 2. The average molecular weight is 357 g/mol. The van der Waals surface area contributed by atoms with Crippen LogP contribution in [0, 0.1) is 0 Å². The van der Waals surface area contributed by atoms with E-state index >= 15 is 0 Å². The molecule has 5 heteroatoms.